The Morgan fingerprint density at radius 3 is 3.05 bits per heavy atom. The predicted octanol–water partition coefficient (Wildman–Crippen LogP) is 0.440. The molecule has 0 radical (unpaired) electrons. The molecule has 20 heavy (non-hydrogen) atoms. The number of fused-ring (bicyclic) bond motifs is 1. The molecular formula is C14H20N4O2. The minimum atomic E-state index is -0.102. The fourth-order valence-electron chi connectivity index (χ4n) is 3.10. The summed E-state index contributed by atoms with van der Waals surface area (Å²) >= 11 is 0. The summed E-state index contributed by atoms with van der Waals surface area (Å²) in [6.07, 6.45) is 6.01. The number of piperidine rings is 1. The van der Waals surface area contributed by atoms with Crippen molar-refractivity contribution in [3.05, 3.63) is 17.5 Å². The molecule has 6 nitrogen and oxygen atoms in total. The number of amides is 2. The summed E-state index contributed by atoms with van der Waals surface area (Å²) in [4.78, 5) is 23.4. The normalized spacial score (nSPS) is 25.8. The van der Waals surface area contributed by atoms with Gasteiger partial charge in [-0.3, -0.25) is 14.3 Å². The summed E-state index contributed by atoms with van der Waals surface area (Å²) in [5.41, 5.74) is 2.37. The topological polar surface area (TPSA) is 76.0 Å². The molecule has 2 atom stereocenters. The predicted molar refractivity (Wildman–Crippen MR) is 72.8 cm³/mol. The number of carbonyl (C=O) groups is 2. The van der Waals surface area contributed by atoms with Gasteiger partial charge >= 0.3 is 0 Å². The van der Waals surface area contributed by atoms with Gasteiger partial charge in [-0.05, 0) is 25.7 Å². The molecule has 0 spiro atoms. The Hall–Kier alpha value is -1.85. The molecule has 3 rings (SSSR count). The molecule has 2 N–H and O–H groups in total. The molecule has 2 aliphatic rings. The molecule has 2 heterocycles. The minimum Gasteiger partial charge on any atom is -0.355 e. The number of nitrogens with zero attached hydrogens (tertiary/aromatic N) is 2. The zero-order valence-corrected chi connectivity index (χ0v) is 11.7. The number of aryl methyl sites for hydroxylation is 1. The Labute approximate surface area is 117 Å². The molecule has 1 aliphatic heterocycles. The van der Waals surface area contributed by atoms with E-state index in [-0.39, 0.29) is 23.8 Å². The molecule has 0 aromatic carbocycles. The Balaban J connectivity index is 1.66. The first-order valence-corrected chi connectivity index (χ1v) is 7.23. The fraction of sp³-hybridized carbons (Fsp3) is 0.643. The lowest BCUT2D eigenvalue weighted by Gasteiger charge is -2.27. The van der Waals surface area contributed by atoms with E-state index in [0.717, 1.165) is 24.8 Å². The summed E-state index contributed by atoms with van der Waals surface area (Å²) in [6, 6.07) is 0.0672. The van der Waals surface area contributed by atoms with Gasteiger partial charge in [0.25, 0.3) is 0 Å². The van der Waals surface area contributed by atoms with Gasteiger partial charge in [-0.1, -0.05) is 0 Å². The average Bonchev–Trinajstić information content (AvgIpc) is 2.82. The van der Waals surface area contributed by atoms with Crippen molar-refractivity contribution in [2.45, 2.75) is 38.1 Å². The zero-order valence-electron chi connectivity index (χ0n) is 11.7. The molecule has 1 aromatic heterocycles. The van der Waals surface area contributed by atoms with Gasteiger partial charge in [-0.2, -0.15) is 5.10 Å². The van der Waals surface area contributed by atoms with Gasteiger partial charge in [0, 0.05) is 31.3 Å². The van der Waals surface area contributed by atoms with Gasteiger partial charge in [0.1, 0.15) is 0 Å². The van der Waals surface area contributed by atoms with Crippen LogP contribution in [0.25, 0.3) is 0 Å². The second-order valence-corrected chi connectivity index (χ2v) is 5.66. The van der Waals surface area contributed by atoms with E-state index in [0.29, 0.717) is 19.4 Å². The highest BCUT2D eigenvalue weighted by Crippen LogP contribution is 2.29. The number of rotatable bonds is 2. The smallest absolute Gasteiger partial charge is 0.225 e. The molecule has 1 aliphatic carbocycles. The van der Waals surface area contributed by atoms with Gasteiger partial charge in [0.2, 0.25) is 11.8 Å². The first-order valence-electron chi connectivity index (χ1n) is 7.23. The lowest BCUT2D eigenvalue weighted by atomic mass is 9.91. The molecule has 2 amide bonds. The quantitative estimate of drug-likeness (QED) is 0.823. The molecule has 0 bridgehead atoms. The number of carbonyl (C=O) groups excluding carboxylic acids is 2. The fourth-order valence-corrected chi connectivity index (χ4v) is 3.10. The highest BCUT2D eigenvalue weighted by atomic mass is 16.2. The van der Waals surface area contributed by atoms with E-state index in [9.17, 15) is 9.59 Å². The Morgan fingerprint density at radius 1 is 1.45 bits per heavy atom. The van der Waals surface area contributed by atoms with Crippen LogP contribution >= 0.6 is 0 Å². The highest BCUT2D eigenvalue weighted by molar-refractivity contribution is 5.84. The first kappa shape index (κ1) is 13.1. The monoisotopic (exact) mass is 276 g/mol. The van der Waals surface area contributed by atoms with Crippen molar-refractivity contribution >= 4 is 11.8 Å². The highest BCUT2D eigenvalue weighted by Gasteiger charge is 2.29. The molecule has 1 fully saturated rings. The first-order chi connectivity index (χ1) is 9.65. The zero-order chi connectivity index (χ0) is 14.1. The van der Waals surface area contributed by atoms with E-state index >= 15 is 0 Å². The number of nitrogens with one attached hydrogen (secondary N) is 2. The second kappa shape index (κ2) is 5.26. The Morgan fingerprint density at radius 2 is 2.30 bits per heavy atom. The van der Waals surface area contributed by atoms with Crippen LogP contribution in [0.15, 0.2) is 6.20 Å². The van der Waals surface area contributed by atoms with Gasteiger partial charge in [-0.25, -0.2) is 0 Å². The summed E-state index contributed by atoms with van der Waals surface area (Å²) in [5, 5.41) is 10.2. The van der Waals surface area contributed by atoms with Crippen LogP contribution in [0.3, 0.4) is 0 Å². The van der Waals surface area contributed by atoms with Crippen molar-refractivity contribution in [2.24, 2.45) is 13.0 Å². The summed E-state index contributed by atoms with van der Waals surface area (Å²) in [5.74, 6) is -0.0114. The van der Waals surface area contributed by atoms with Crippen molar-refractivity contribution in [1.29, 1.82) is 0 Å². The maximum Gasteiger partial charge on any atom is 0.225 e. The lowest BCUT2D eigenvalue weighted by Crippen LogP contribution is -2.44. The Kier molecular flexibility index (Phi) is 3.46. The van der Waals surface area contributed by atoms with Crippen LogP contribution in [0.5, 0.6) is 0 Å². The van der Waals surface area contributed by atoms with E-state index in [1.807, 2.05) is 17.9 Å². The largest absolute Gasteiger partial charge is 0.355 e. The molecule has 0 saturated carbocycles. The van der Waals surface area contributed by atoms with Gasteiger partial charge < -0.3 is 10.6 Å². The van der Waals surface area contributed by atoms with Crippen LogP contribution < -0.4 is 10.6 Å². The van der Waals surface area contributed by atoms with Crippen molar-refractivity contribution in [1.82, 2.24) is 20.4 Å². The van der Waals surface area contributed by atoms with Crippen molar-refractivity contribution in [2.75, 3.05) is 6.54 Å². The van der Waals surface area contributed by atoms with Crippen molar-refractivity contribution < 1.29 is 9.59 Å². The van der Waals surface area contributed by atoms with Crippen LogP contribution in [0.4, 0.5) is 0 Å². The van der Waals surface area contributed by atoms with E-state index < -0.39 is 0 Å². The van der Waals surface area contributed by atoms with Gasteiger partial charge in [0.05, 0.1) is 18.2 Å². The number of aromatic nitrogens is 2. The summed E-state index contributed by atoms with van der Waals surface area (Å²) in [6.45, 7) is 0.456. The average molecular weight is 276 g/mol. The molecule has 1 saturated heterocycles. The van der Waals surface area contributed by atoms with E-state index in [2.05, 4.69) is 15.7 Å². The van der Waals surface area contributed by atoms with Crippen LogP contribution in [-0.2, 0) is 23.1 Å². The Bertz CT molecular complexity index is 527. The second-order valence-electron chi connectivity index (χ2n) is 5.66. The van der Waals surface area contributed by atoms with E-state index in [1.165, 1.54) is 5.69 Å². The third kappa shape index (κ3) is 2.42. The van der Waals surface area contributed by atoms with Gasteiger partial charge in [-0.15, -0.1) is 0 Å². The van der Waals surface area contributed by atoms with Crippen molar-refractivity contribution in [3.8, 4) is 0 Å². The van der Waals surface area contributed by atoms with Crippen LogP contribution in [0, 0.1) is 5.92 Å². The SMILES string of the molecule is Cn1ncc2c1CCCC2NC(=O)C1CCC(=O)NC1. The van der Waals surface area contributed by atoms with Gasteiger partial charge in [0.15, 0.2) is 0 Å². The maximum atomic E-state index is 12.3. The molecule has 1 aromatic rings. The van der Waals surface area contributed by atoms with Crippen molar-refractivity contribution in [3.63, 3.8) is 0 Å². The molecule has 108 valence electrons. The third-order valence-electron chi connectivity index (χ3n) is 4.33. The molecule has 6 heteroatoms. The maximum absolute atomic E-state index is 12.3. The lowest BCUT2D eigenvalue weighted by molar-refractivity contribution is -0.129. The molecular weight excluding hydrogens is 256 g/mol. The summed E-state index contributed by atoms with van der Waals surface area (Å²) < 4.78 is 1.90. The standard InChI is InChI=1S/C14H20N4O2/c1-18-12-4-2-3-11(10(12)8-16-18)17-14(20)9-5-6-13(19)15-7-9/h8-9,11H,2-7H2,1H3,(H,15,19)(H,17,20). The van der Waals surface area contributed by atoms with Crippen LogP contribution in [-0.4, -0.2) is 28.1 Å². The van der Waals surface area contributed by atoms with E-state index in [1.54, 1.807) is 0 Å². The number of hydrogen-bond donors (Lipinski definition) is 2. The molecule has 2 unspecified atom stereocenters. The van der Waals surface area contributed by atoms with E-state index in [4.69, 9.17) is 0 Å². The summed E-state index contributed by atoms with van der Waals surface area (Å²) in [7, 11) is 1.94. The third-order valence-corrected chi connectivity index (χ3v) is 4.33. The van der Waals surface area contributed by atoms with Crippen LogP contribution in [0.2, 0.25) is 0 Å². The number of hydrogen-bond acceptors (Lipinski definition) is 3. The minimum absolute atomic E-state index is 0.0428. The van der Waals surface area contributed by atoms with Crippen LogP contribution in [0.1, 0.15) is 43.0 Å².